The Morgan fingerprint density at radius 3 is 2.85 bits per heavy atom. The number of methoxy groups -OCH3 is 1. The topological polar surface area (TPSA) is 70.9 Å². The number of aromatic amines is 1. The number of benzene rings is 2. The van der Waals surface area contributed by atoms with E-state index in [1.807, 2.05) is 44.2 Å². The van der Waals surface area contributed by atoms with E-state index in [9.17, 15) is 5.26 Å². The lowest BCUT2D eigenvalue weighted by Crippen LogP contribution is -1.97. The molecule has 0 radical (unpaired) electrons. The molecular weight excluding hydrogens is 394 g/mol. The highest BCUT2D eigenvalue weighted by Crippen LogP contribution is 2.37. The zero-order valence-corrected chi connectivity index (χ0v) is 16.3. The number of nitriles is 1. The number of rotatable bonds is 5. The summed E-state index contributed by atoms with van der Waals surface area (Å²) in [6.07, 6.45) is 1.77. The molecule has 6 heteroatoms. The van der Waals surface area contributed by atoms with Crippen LogP contribution < -0.4 is 9.47 Å². The van der Waals surface area contributed by atoms with Crippen molar-refractivity contribution in [3.8, 4) is 17.6 Å². The Kier molecular flexibility index (Phi) is 5.29. The Labute approximate surface area is 160 Å². The monoisotopic (exact) mass is 411 g/mol. The number of aromatic nitrogens is 2. The molecule has 3 aromatic rings. The highest BCUT2D eigenvalue weighted by Gasteiger charge is 2.13. The number of halogens is 1. The Hall–Kier alpha value is -2.78. The number of nitrogens with one attached hydrogen (secondary N) is 1. The largest absolute Gasteiger partial charge is 0.493 e. The molecule has 0 aliphatic heterocycles. The molecule has 2 aromatic carbocycles. The van der Waals surface area contributed by atoms with Gasteiger partial charge in [-0.25, -0.2) is 4.98 Å². The lowest BCUT2D eigenvalue weighted by atomic mass is 10.1. The Morgan fingerprint density at radius 2 is 2.15 bits per heavy atom. The van der Waals surface area contributed by atoms with Crippen LogP contribution in [0.2, 0.25) is 0 Å². The van der Waals surface area contributed by atoms with Gasteiger partial charge in [0, 0.05) is 0 Å². The van der Waals surface area contributed by atoms with Gasteiger partial charge in [-0.3, -0.25) is 0 Å². The van der Waals surface area contributed by atoms with Crippen LogP contribution in [0, 0.1) is 18.3 Å². The predicted molar refractivity (Wildman–Crippen MR) is 106 cm³/mol. The van der Waals surface area contributed by atoms with Crippen LogP contribution in [-0.2, 0) is 0 Å². The second kappa shape index (κ2) is 7.63. The molecule has 0 fully saturated rings. The summed E-state index contributed by atoms with van der Waals surface area (Å²) in [6, 6.07) is 11.9. The van der Waals surface area contributed by atoms with E-state index in [0.717, 1.165) is 26.6 Å². The highest BCUT2D eigenvalue weighted by molar-refractivity contribution is 9.10. The predicted octanol–water partition coefficient (Wildman–Crippen LogP) is 5.11. The fourth-order valence-corrected chi connectivity index (χ4v) is 3.25. The average Bonchev–Trinajstić information content (AvgIpc) is 3.04. The Bertz CT molecular complexity index is 1030. The van der Waals surface area contributed by atoms with Gasteiger partial charge in [-0.15, -0.1) is 0 Å². The zero-order valence-electron chi connectivity index (χ0n) is 14.8. The zero-order chi connectivity index (χ0) is 18.7. The molecule has 0 saturated heterocycles. The lowest BCUT2D eigenvalue weighted by Gasteiger charge is -2.12. The van der Waals surface area contributed by atoms with Crippen molar-refractivity contribution >= 4 is 38.6 Å². The van der Waals surface area contributed by atoms with E-state index in [2.05, 4.69) is 32.0 Å². The molecule has 3 rings (SSSR count). The molecule has 0 bridgehead atoms. The molecule has 1 N–H and O–H groups in total. The Morgan fingerprint density at radius 1 is 1.35 bits per heavy atom. The van der Waals surface area contributed by atoms with E-state index < -0.39 is 0 Å². The summed E-state index contributed by atoms with van der Waals surface area (Å²) >= 11 is 3.50. The third-order valence-corrected chi connectivity index (χ3v) is 4.45. The number of nitrogens with zero attached hydrogens (tertiary/aromatic N) is 2. The van der Waals surface area contributed by atoms with E-state index in [-0.39, 0.29) is 0 Å². The van der Waals surface area contributed by atoms with Crippen LogP contribution >= 0.6 is 15.9 Å². The number of imidazole rings is 1. The van der Waals surface area contributed by atoms with Gasteiger partial charge in [0.25, 0.3) is 0 Å². The maximum absolute atomic E-state index is 9.61. The second-order valence-electron chi connectivity index (χ2n) is 5.74. The fourth-order valence-electron chi connectivity index (χ4n) is 2.68. The number of fused-ring (bicyclic) bond motifs is 1. The summed E-state index contributed by atoms with van der Waals surface area (Å²) in [6.45, 7) is 4.47. The van der Waals surface area contributed by atoms with E-state index in [1.54, 1.807) is 13.2 Å². The van der Waals surface area contributed by atoms with Gasteiger partial charge < -0.3 is 14.5 Å². The highest BCUT2D eigenvalue weighted by atomic mass is 79.9. The van der Waals surface area contributed by atoms with E-state index in [1.165, 1.54) is 0 Å². The smallest absolute Gasteiger partial charge is 0.175 e. The van der Waals surface area contributed by atoms with Crippen LogP contribution in [0.25, 0.3) is 22.7 Å². The molecule has 1 heterocycles. The van der Waals surface area contributed by atoms with Crippen LogP contribution in [0.15, 0.2) is 34.8 Å². The van der Waals surface area contributed by atoms with Crippen molar-refractivity contribution < 1.29 is 9.47 Å². The summed E-state index contributed by atoms with van der Waals surface area (Å²) in [4.78, 5) is 7.73. The first kappa shape index (κ1) is 18.0. The van der Waals surface area contributed by atoms with Crippen molar-refractivity contribution in [1.29, 1.82) is 5.26 Å². The van der Waals surface area contributed by atoms with Crippen molar-refractivity contribution in [2.24, 2.45) is 0 Å². The van der Waals surface area contributed by atoms with Crippen molar-refractivity contribution in [1.82, 2.24) is 9.97 Å². The quantitative estimate of drug-likeness (QED) is 0.592. The first-order valence-corrected chi connectivity index (χ1v) is 8.94. The fraction of sp³-hybridized carbons (Fsp3) is 0.200. The van der Waals surface area contributed by atoms with Crippen molar-refractivity contribution in [3.05, 3.63) is 51.8 Å². The minimum absolute atomic E-state index is 0.442. The molecule has 0 atom stereocenters. The molecule has 0 aliphatic carbocycles. The molecule has 0 saturated carbocycles. The van der Waals surface area contributed by atoms with Gasteiger partial charge in [-0.1, -0.05) is 6.07 Å². The van der Waals surface area contributed by atoms with E-state index in [4.69, 9.17) is 9.47 Å². The Balaban J connectivity index is 2.05. The molecule has 0 unspecified atom stereocenters. The van der Waals surface area contributed by atoms with Gasteiger partial charge in [0.15, 0.2) is 11.5 Å². The minimum atomic E-state index is 0.442. The number of hydrogen-bond acceptors (Lipinski definition) is 4. The number of allylic oxidation sites excluding steroid dienone is 1. The first-order chi connectivity index (χ1) is 12.5. The molecule has 0 spiro atoms. The normalized spacial score (nSPS) is 11.4. The van der Waals surface area contributed by atoms with Gasteiger partial charge in [0.2, 0.25) is 0 Å². The van der Waals surface area contributed by atoms with Crippen LogP contribution in [0.3, 0.4) is 0 Å². The summed E-state index contributed by atoms with van der Waals surface area (Å²) < 4.78 is 11.8. The molecule has 132 valence electrons. The van der Waals surface area contributed by atoms with Crippen LogP contribution in [-0.4, -0.2) is 23.7 Å². The lowest BCUT2D eigenvalue weighted by molar-refractivity contribution is 0.309. The number of aryl methyl sites for hydroxylation is 1. The van der Waals surface area contributed by atoms with E-state index >= 15 is 0 Å². The average molecular weight is 412 g/mol. The minimum Gasteiger partial charge on any atom is -0.493 e. The van der Waals surface area contributed by atoms with Crippen molar-refractivity contribution in [2.75, 3.05) is 13.7 Å². The third kappa shape index (κ3) is 3.58. The first-order valence-electron chi connectivity index (χ1n) is 8.14. The third-order valence-electron chi connectivity index (χ3n) is 3.86. The summed E-state index contributed by atoms with van der Waals surface area (Å²) in [5.74, 6) is 1.78. The SMILES string of the molecule is CCOc1c(Br)cc(/C=C(\C#N)c2nc3ccc(C)cc3[nH]2)cc1OC. The van der Waals surface area contributed by atoms with Crippen LogP contribution in [0.4, 0.5) is 0 Å². The van der Waals surface area contributed by atoms with Crippen molar-refractivity contribution in [2.45, 2.75) is 13.8 Å². The summed E-state index contributed by atoms with van der Waals surface area (Å²) in [5.41, 5.74) is 4.13. The van der Waals surface area contributed by atoms with Crippen LogP contribution in [0.1, 0.15) is 23.9 Å². The summed E-state index contributed by atoms with van der Waals surface area (Å²) in [7, 11) is 1.59. The molecule has 0 amide bonds. The molecule has 0 aliphatic rings. The molecular formula is C20H18BrN3O2. The maximum atomic E-state index is 9.61. The number of ether oxygens (including phenoxy) is 2. The van der Waals surface area contributed by atoms with Gasteiger partial charge >= 0.3 is 0 Å². The maximum Gasteiger partial charge on any atom is 0.175 e. The second-order valence-corrected chi connectivity index (χ2v) is 6.60. The van der Waals surface area contributed by atoms with Gasteiger partial charge in [0.1, 0.15) is 11.9 Å². The van der Waals surface area contributed by atoms with Gasteiger partial charge in [0.05, 0.1) is 34.8 Å². The standard InChI is InChI=1S/C20H18BrN3O2/c1-4-26-19-15(21)9-13(10-18(19)25-3)8-14(11-22)20-23-16-6-5-12(2)7-17(16)24-20/h5-10H,4H2,1-3H3,(H,23,24)/b14-8+. The van der Waals surface area contributed by atoms with Gasteiger partial charge in [-0.05, 0) is 71.2 Å². The molecule has 1 aromatic heterocycles. The van der Waals surface area contributed by atoms with Gasteiger partial charge in [-0.2, -0.15) is 5.26 Å². The van der Waals surface area contributed by atoms with E-state index in [0.29, 0.717) is 29.5 Å². The molecule has 5 nitrogen and oxygen atoms in total. The van der Waals surface area contributed by atoms with Crippen LogP contribution in [0.5, 0.6) is 11.5 Å². The van der Waals surface area contributed by atoms with Crippen molar-refractivity contribution in [3.63, 3.8) is 0 Å². The summed E-state index contributed by atoms with van der Waals surface area (Å²) in [5, 5.41) is 9.61. The molecule has 26 heavy (non-hydrogen) atoms. The number of H-pyrrole nitrogens is 1. The number of hydrogen-bond donors (Lipinski definition) is 1.